The normalized spacial score (nSPS) is 18.1. The van der Waals surface area contributed by atoms with Gasteiger partial charge in [-0.3, -0.25) is 4.79 Å². The molecule has 0 aliphatic carbocycles. The van der Waals surface area contributed by atoms with Crippen molar-refractivity contribution in [3.05, 3.63) is 26.6 Å². The van der Waals surface area contributed by atoms with Crippen LogP contribution in [0.5, 0.6) is 0 Å². The van der Waals surface area contributed by atoms with Crippen LogP contribution in [0.2, 0.25) is 0 Å². The molecule has 7 heteroatoms. The second-order valence-corrected chi connectivity index (χ2v) is 6.60. The summed E-state index contributed by atoms with van der Waals surface area (Å²) in [6, 6.07) is 3.41. The van der Waals surface area contributed by atoms with Gasteiger partial charge in [0.15, 0.2) is 0 Å². The number of carbonyl (C=O) groups is 2. The highest BCUT2D eigenvalue weighted by atomic mass is 79.9. The predicted octanol–water partition coefficient (Wildman–Crippen LogP) is 2.94. The maximum absolute atomic E-state index is 12.3. The highest BCUT2D eigenvalue weighted by molar-refractivity contribution is 9.11. The molecule has 1 fully saturated rings. The van der Waals surface area contributed by atoms with Gasteiger partial charge in [-0.05, 0) is 47.4 Å². The van der Waals surface area contributed by atoms with Gasteiger partial charge >= 0.3 is 5.97 Å². The molecule has 5 nitrogen and oxygen atoms in total. The summed E-state index contributed by atoms with van der Waals surface area (Å²) in [6.07, 6.45) is 1.82. The quantitative estimate of drug-likeness (QED) is 0.739. The minimum absolute atomic E-state index is 0.0835. The van der Waals surface area contributed by atoms with Crippen molar-refractivity contribution < 1.29 is 14.3 Å². The fourth-order valence-electron chi connectivity index (χ4n) is 2.27. The highest BCUT2D eigenvalue weighted by Crippen LogP contribution is 2.32. The number of methoxy groups -OCH3 is 1. The lowest BCUT2D eigenvalue weighted by atomic mass is 9.98. The van der Waals surface area contributed by atoms with Crippen LogP contribution in [0.1, 0.15) is 23.2 Å². The smallest absolute Gasteiger partial charge is 0.340 e. The Kier molecular flexibility index (Phi) is 5.78. The first kappa shape index (κ1) is 16.5. The van der Waals surface area contributed by atoms with Crippen LogP contribution in [0, 0.1) is 5.92 Å². The van der Waals surface area contributed by atoms with Crippen molar-refractivity contribution in [2.75, 3.05) is 25.5 Å². The molecular formula is C14H16Br2N2O3. The Labute approximate surface area is 140 Å². The standard InChI is InChI=1S/C14H16Br2N2O3/c1-21-14(20)10-5-9(15)6-11(16)12(10)18-13(19)8-3-2-4-17-7-8/h5-6,8,17H,2-4,7H2,1H3,(H,18,19)/t8-/m1/s1. The molecule has 1 aliphatic rings. The van der Waals surface area contributed by atoms with E-state index in [2.05, 4.69) is 42.5 Å². The Morgan fingerprint density at radius 1 is 1.38 bits per heavy atom. The fraction of sp³-hybridized carbons (Fsp3) is 0.429. The summed E-state index contributed by atoms with van der Waals surface area (Å²) in [4.78, 5) is 24.2. The van der Waals surface area contributed by atoms with E-state index in [0.29, 0.717) is 22.3 Å². The second-order valence-electron chi connectivity index (χ2n) is 4.83. The number of anilines is 1. The highest BCUT2D eigenvalue weighted by Gasteiger charge is 2.24. The van der Waals surface area contributed by atoms with Crippen LogP contribution in [0.3, 0.4) is 0 Å². The molecule has 2 N–H and O–H groups in total. The van der Waals surface area contributed by atoms with E-state index in [0.717, 1.165) is 23.9 Å². The van der Waals surface area contributed by atoms with Crippen molar-refractivity contribution in [3.63, 3.8) is 0 Å². The molecule has 114 valence electrons. The Bertz CT molecular complexity index is 557. The Morgan fingerprint density at radius 2 is 2.14 bits per heavy atom. The van der Waals surface area contributed by atoms with Crippen molar-refractivity contribution in [2.45, 2.75) is 12.8 Å². The van der Waals surface area contributed by atoms with E-state index < -0.39 is 5.97 Å². The number of ether oxygens (including phenoxy) is 1. The van der Waals surface area contributed by atoms with Gasteiger partial charge in [-0.25, -0.2) is 4.79 Å². The van der Waals surface area contributed by atoms with E-state index in [4.69, 9.17) is 4.74 Å². The van der Waals surface area contributed by atoms with Gasteiger partial charge in [0.05, 0.1) is 24.3 Å². The first-order chi connectivity index (χ1) is 10.0. The zero-order chi connectivity index (χ0) is 15.4. The summed E-state index contributed by atoms with van der Waals surface area (Å²) in [5.41, 5.74) is 0.761. The van der Waals surface area contributed by atoms with E-state index in [9.17, 15) is 9.59 Å². The van der Waals surface area contributed by atoms with Gasteiger partial charge in [0, 0.05) is 15.5 Å². The summed E-state index contributed by atoms with van der Waals surface area (Å²) in [6.45, 7) is 1.60. The van der Waals surface area contributed by atoms with Gasteiger partial charge in [0.25, 0.3) is 0 Å². The molecule has 1 atom stereocenters. The van der Waals surface area contributed by atoms with Crippen LogP contribution in [-0.2, 0) is 9.53 Å². The summed E-state index contributed by atoms with van der Waals surface area (Å²) < 4.78 is 6.13. The molecule has 0 radical (unpaired) electrons. The number of hydrogen-bond acceptors (Lipinski definition) is 4. The topological polar surface area (TPSA) is 67.4 Å². The van der Waals surface area contributed by atoms with Crippen molar-refractivity contribution >= 4 is 49.4 Å². The average Bonchev–Trinajstić information content (AvgIpc) is 2.49. The molecule has 0 bridgehead atoms. The van der Waals surface area contributed by atoms with Gasteiger partial charge in [0.2, 0.25) is 5.91 Å². The van der Waals surface area contributed by atoms with Gasteiger partial charge in [-0.15, -0.1) is 0 Å². The number of amides is 1. The molecule has 0 unspecified atom stereocenters. The molecule has 1 heterocycles. The van der Waals surface area contributed by atoms with Crippen LogP contribution < -0.4 is 10.6 Å². The first-order valence-corrected chi connectivity index (χ1v) is 8.20. The number of benzene rings is 1. The van der Waals surface area contributed by atoms with E-state index >= 15 is 0 Å². The summed E-state index contributed by atoms with van der Waals surface area (Å²) >= 11 is 6.71. The molecule has 1 amide bonds. The molecule has 0 spiro atoms. The van der Waals surface area contributed by atoms with Crippen molar-refractivity contribution in [1.82, 2.24) is 5.32 Å². The largest absolute Gasteiger partial charge is 0.465 e. The third kappa shape index (κ3) is 4.05. The number of piperidine rings is 1. The van der Waals surface area contributed by atoms with Crippen LogP contribution in [0.25, 0.3) is 0 Å². The van der Waals surface area contributed by atoms with Gasteiger partial charge in [0.1, 0.15) is 0 Å². The molecule has 1 aromatic carbocycles. The molecule has 2 rings (SSSR count). The number of rotatable bonds is 3. The van der Waals surface area contributed by atoms with E-state index in [-0.39, 0.29) is 11.8 Å². The van der Waals surface area contributed by atoms with Crippen LogP contribution in [0.15, 0.2) is 21.1 Å². The zero-order valence-corrected chi connectivity index (χ0v) is 14.7. The SMILES string of the molecule is COC(=O)c1cc(Br)cc(Br)c1NC(=O)[C@@H]1CCCNC1. The molecule has 1 aromatic rings. The van der Waals surface area contributed by atoms with Crippen LogP contribution in [-0.4, -0.2) is 32.1 Å². The number of nitrogens with one attached hydrogen (secondary N) is 2. The molecular weight excluding hydrogens is 404 g/mol. The fourth-order valence-corrected chi connectivity index (χ4v) is 3.60. The number of halogens is 2. The summed E-state index contributed by atoms with van der Waals surface area (Å²) in [5, 5.41) is 6.05. The maximum Gasteiger partial charge on any atom is 0.340 e. The average molecular weight is 420 g/mol. The van der Waals surface area contributed by atoms with Crippen LogP contribution in [0.4, 0.5) is 5.69 Å². The van der Waals surface area contributed by atoms with E-state index in [1.807, 2.05) is 0 Å². The van der Waals surface area contributed by atoms with Crippen molar-refractivity contribution in [1.29, 1.82) is 0 Å². The molecule has 1 saturated heterocycles. The minimum atomic E-state index is -0.492. The molecule has 1 aliphatic heterocycles. The molecule has 21 heavy (non-hydrogen) atoms. The Morgan fingerprint density at radius 3 is 2.76 bits per heavy atom. The van der Waals surface area contributed by atoms with Gasteiger partial charge in [-0.1, -0.05) is 15.9 Å². The van der Waals surface area contributed by atoms with Gasteiger partial charge < -0.3 is 15.4 Å². The first-order valence-electron chi connectivity index (χ1n) is 6.62. The van der Waals surface area contributed by atoms with Crippen LogP contribution >= 0.6 is 31.9 Å². The second kappa shape index (κ2) is 7.38. The zero-order valence-electron chi connectivity index (χ0n) is 11.5. The minimum Gasteiger partial charge on any atom is -0.465 e. The van der Waals surface area contributed by atoms with Gasteiger partial charge in [-0.2, -0.15) is 0 Å². The van der Waals surface area contributed by atoms with Crippen molar-refractivity contribution in [2.24, 2.45) is 5.92 Å². The van der Waals surface area contributed by atoms with E-state index in [1.54, 1.807) is 12.1 Å². The lowest BCUT2D eigenvalue weighted by molar-refractivity contribution is -0.120. The number of esters is 1. The lowest BCUT2D eigenvalue weighted by Gasteiger charge is -2.22. The Balaban J connectivity index is 2.25. The summed E-state index contributed by atoms with van der Waals surface area (Å²) in [5.74, 6) is -0.663. The monoisotopic (exact) mass is 418 g/mol. The molecule has 0 saturated carbocycles. The predicted molar refractivity (Wildman–Crippen MR) is 87.4 cm³/mol. The molecule has 0 aromatic heterocycles. The lowest BCUT2D eigenvalue weighted by Crippen LogP contribution is -2.37. The van der Waals surface area contributed by atoms with Crippen molar-refractivity contribution in [3.8, 4) is 0 Å². The maximum atomic E-state index is 12.3. The number of carbonyl (C=O) groups excluding carboxylic acids is 2. The third-order valence-corrected chi connectivity index (χ3v) is 4.46. The van der Waals surface area contributed by atoms with E-state index in [1.165, 1.54) is 7.11 Å². The third-order valence-electron chi connectivity index (χ3n) is 3.38. The Hall–Kier alpha value is -0.920. The summed E-state index contributed by atoms with van der Waals surface area (Å²) in [7, 11) is 1.31. The number of hydrogen-bond donors (Lipinski definition) is 2.